The van der Waals surface area contributed by atoms with Gasteiger partial charge >= 0.3 is 0 Å². The minimum atomic E-state index is -4.04. The number of rotatable bonds is 6. The first-order chi connectivity index (χ1) is 14.7. The van der Waals surface area contributed by atoms with E-state index in [0.29, 0.717) is 5.69 Å². The Labute approximate surface area is 183 Å². The summed E-state index contributed by atoms with van der Waals surface area (Å²) in [5, 5.41) is 5.45. The fourth-order valence-corrected chi connectivity index (χ4v) is 3.86. The van der Waals surface area contributed by atoms with Gasteiger partial charge in [0.05, 0.1) is 21.3 Å². The van der Waals surface area contributed by atoms with Gasteiger partial charge in [0.15, 0.2) is 0 Å². The van der Waals surface area contributed by atoms with Crippen LogP contribution in [-0.4, -0.2) is 20.2 Å². The molecule has 0 saturated heterocycles. The lowest BCUT2D eigenvalue weighted by Crippen LogP contribution is -2.15. The third kappa shape index (κ3) is 5.59. The summed E-state index contributed by atoms with van der Waals surface area (Å²) in [7, 11) is -4.04. The van der Waals surface area contributed by atoms with Crippen molar-refractivity contribution in [1.29, 1.82) is 0 Å². The van der Waals surface area contributed by atoms with Crippen LogP contribution in [0.4, 0.5) is 21.5 Å². The second-order valence-corrected chi connectivity index (χ2v) is 8.53. The van der Waals surface area contributed by atoms with E-state index >= 15 is 0 Å². The Bertz CT molecular complexity index is 1250. The molecule has 2 amide bonds. The van der Waals surface area contributed by atoms with E-state index in [-0.39, 0.29) is 32.8 Å². The standard InChI is InChI=1S/C21H17ClFN3O4S/c1-13(27)24-15-8-11-17(22)20(12-15)25-21(28)14-6-9-16(10-7-14)31(29,30)26-19-5-3-2-4-18(19)23/h2-12,26H,1H3,(H,24,27)(H,25,28). The zero-order valence-corrected chi connectivity index (χ0v) is 17.7. The van der Waals surface area contributed by atoms with Crippen molar-refractivity contribution in [3.05, 3.63) is 83.1 Å². The zero-order valence-electron chi connectivity index (χ0n) is 16.1. The highest BCUT2D eigenvalue weighted by Crippen LogP contribution is 2.26. The molecule has 0 bridgehead atoms. The Kier molecular flexibility index (Phi) is 6.57. The van der Waals surface area contributed by atoms with Gasteiger partial charge in [-0.15, -0.1) is 0 Å². The molecule has 3 N–H and O–H groups in total. The highest BCUT2D eigenvalue weighted by Gasteiger charge is 2.17. The smallest absolute Gasteiger partial charge is 0.261 e. The predicted octanol–water partition coefficient (Wildman–Crippen LogP) is 4.49. The maximum Gasteiger partial charge on any atom is 0.261 e. The number of hydrogen-bond donors (Lipinski definition) is 3. The zero-order chi connectivity index (χ0) is 22.6. The lowest BCUT2D eigenvalue weighted by Gasteiger charge is -2.11. The number of nitrogens with one attached hydrogen (secondary N) is 3. The molecule has 0 aliphatic rings. The molecule has 0 fully saturated rings. The maximum absolute atomic E-state index is 13.7. The van der Waals surface area contributed by atoms with E-state index in [0.717, 1.165) is 6.07 Å². The summed E-state index contributed by atoms with van der Waals surface area (Å²) in [5.41, 5.74) is 0.715. The van der Waals surface area contributed by atoms with Gasteiger partial charge in [-0.1, -0.05) is 23.7 Å². The van der Waals surface area contributed by atoms with Crippen molar-refractivity contribution >= 4 is 50.5 Å². The lowest BCUT2D eigenvalue weighted by molar-refractivity contribution is -0.114. The first kappa shape index (κ1) is 22.3. The van der Waals surface area contributed by atoms with Crippen molar-refractivity contribution in [3.63, 3.8) is 0 Å². The molecule has 7 nitrogen and oxygen atoms in total. The molecule has 3 aromatic rings. The SMILES string of the molecule is CC(=O)Nc1ccc(Cl)c(NC(=O)c2ccc(S(=O)(=O)Nc3ccccc3F)cc2)c1. The van der Waals surface area contributed by atoms with Crippen LogP contribution in [0.2, 0.25) is 5.02 Å². The normalized spacial score (nSPS) is 10.9. The van der Waals surface area contributed by atoms with Crippen molar-refractivity contribution in [2.24, 2.45) is 0 Å². The topological polar surface area (TPSA) is 104 Å². The number of benzene rings is 3. The molecule has 0 spiro atoms. The van der Waals surface area contributed by atoms with Crippen LogP contribution in [0.3, 0.4) is 0 Å². The van der Waals surface area contributed by atoms with Crippen molar-refractivity contribution in [3.8, 4) is 0 Å². The van der Waals surface area contributed by atoms with Crippen molar-refractivity contribution < 1.29 is 22.4 Å². The molecule has 31 heavy (non-hydrogen) atoms. The minimum absolute atomic E-state index is 0.141. The summed E-state index contributed by atoms with van der Waals surface area (Å²) in [6.45, 7) is 1.35. The van der Waals surface area contributed by atoms with E-state index in [9.17, 15) is 22.4 Å². The van der Waals surface area contributed by atoms with Crippen LogP contribution in [0.25, 0.3) is 0 Å². The van der Waals surface area contributed by atoms with E-state index < -0.39 is 21.7 Å². The molecule has 160 valence electrons. The minimum Gasteiger partial charge on any atom is -0.326 e. The van der Waals surface area contributed by atoms with Crippen LogP contribution in [0, 0.1) is 5.82 Å². The third-order valence-electron chi connectivity index (χ3n) is 4.08. The number of para-hydroxylation sites is 1. The maximum atomic E-state index is 13.7. The first-order valence-electron chi connectivity index (χ1n) is 8.91. The number of halogens is 2. The largest absolute Gasteiger partial charge is 0.326 e. The second-order valence-electron chi connectivity index (χ2n) is 6.44. The third-order valence-corrected chi connectivity index (χ3v) is 5.79. The van der Waals surface area contributed by atoms with Gasteiger partial charge in [0.1, 0.15) is 5.82 Å². The molecule has 3 aromatic carbocycles. The lowest BCUT2D eigenvalue weighted by atomic mass is 10.2. The average Bonchev–Trinajstić information content (AvgIpc) is 2.72. The number of sulfonamides is 1. The quantitative estimate of drug-likeness (QED) is 0.503. The Morgan fingerprint density at radius 1 is 0.903 bits per heavy atom. The molecular weight excluding hydrogens is 445 g/mol. The van der Waals surface area contributed by atoms with Gasteiger partial charge in [0.25, 0.3) is 15.9 Å². The molecule has 10 heteroatoms. The molecule has 0 atom stereocenters. The van der Waals surface area contributed by atoms with E-state index in [2.05, 4.69) is 15.4 Å². The van der Waals surface area contributed by atoms with Gasteiger partial charge < -0.3 is 10.6 Å². The summed E-state index contributed by atoms with van der Waals surface area (Å²) in [6.07, 6.45) is 0. The van der Waals surface area contributed by atoms with Crippen LogP contribution < -0.4 is 15.4 Å². The second kappa shape index (κ2) is 9.15. The monoisotopic (exact) mass is 461 g/mol. The molecule has 0 aliphatic heterocycles. The van der Waals surface area contributed by atoms with Crippen LogP contribution in [-0.2, 0) is 14.8 Å². The highest BCUT2D eigenvalue weighted by atomic mass is 35.5. The molecule has 0 aliphatic carbocycles. The van der Waals surface area contributed by atoms with E-state index in [1.165, 1.54) is 61.5 Å². The summed E-state index contributed by atoms with van der Waals surface area (Å²) in [4.78, 5) is 23.6. The van der Waals surface area contributed by atoms with Gasteiger partial charge in [-0.25, -0.2) is 12.8 Å². The summed E-state index contributed by atoms with van der Waals surface area (Å²) in [6, 6.07) is 15.1. The fraction of sp³-hybridized carbons (Fsp3) is 0.0476. The number of anilines is 3. The van der Waals surface area contributed by atoms with Gasteiger partial charge in [0.2, 0.25) is 5.91 Å². The van der Waals surface area contributed by atoms with Gasteiger partial charge in [-0.3, -0.25) is 14.3 Å². The van der Waals surface area contributed by atoms with E-state index in [4.69, 9.17) is 11.6 Å². The number of hydrogen-bond acceptors (Lipinski definition) is 4. The first-order valence-corrected chi connectivity index (χ1v) is 10.8. The predicted molar refractivity (Wildman–Crippen MR) is 117 cm³/mol. The van der Waals surface area contributed by atoms with Crippen molar-refractivity contribution in [2.75, 3.05) is 15.4 Å². The molecule has 0 saturated carbocycles. The van der Waals surface area contributed by atoms with E-state index in [1.807, 2.05) is 0 Å². The highest BCUT2D eigenvalue weighted by molar-refractivity contribution is 7.92. The van der Waals surface area contributed by atoms with Crippen molar-refractivity contribution in [1.82, 2.24) is 0 Å². The Hall–Kier alpha value is -3.43. The molecule has 0 unspecified atom stereocenters. The van der Waals surface area contributed by atoms with Crippen molar-refractivity contribution in [2.45, 2.75) is 11.8 Å². The Morgan fingerprint density at radius 2 is 1.58 bits per heavy atom. The summed E-state index contributed by atoms with van der Waals surface area (Å²) < 4.78 is 40.8. The average molecular weight is 462 g/mol. The Morgan fingerprint density at radius 3 is 2.23 bits per heavy atom. The summed E-state index contributed by atoms with van der Waals surface area (Å²) in [5.74, 6) is -1.52. The molecule has 0 heterocycles. The van der Waals surface area contributed by atoms with Gasteiger partial charge in [-0.05, 0) is 54.6 Å². The summed E-state index contributed by atoms with van der Waals surface area (Å²) >= 11 is 6.09. The van der Waals surface area contributed by atoms with Crippen LogP contribution in [0.15, 0.2) is 71.6 Å². The van der Waals surface area contributed by atoms with Gasteiger partial charge in [0, 0.05) is 18.2 Å². The van der Waals surface area contributed by atoms with Crippen LogP contribution in [0.5, 0.6) is 0 Å². The fourth-order valence-electron chi connectivity index (χ4n) is 2.63. The molecule has 0 aromatic heterocycles. The van der Waals surface area contributed by atoms with Gasteiger partial charge in [-0.2, -0.15) is 0 Å². The van der Waals surface area contributed by atoms with Crippen LogP contribution >= 0.6 is 11.6 Å². The molecular formula is C21H17ClFN3O4S. The Balaban J connectivity index is 1.76. The number of carbonyl (C=O) groups is 2. The van der Waals surface area contributed by atoms with E-state index in [1.54, 1.807) is 6.07 Å². The van der Waals surface area contributed by atoms with Crippen LogP contribution in [0.1, 0.15) is 17.3 Å². The number of carbonyl (C=O) groups excluding carboxylic acids is 2. The molecule has 0 radical (unpaired) electrons. The molecule has 3 rings (SSSR count). The number of amides is 2.